The third-order valence-corrected chi connectivity index (χ3v) is 4.42. The Bertz CT molecular complexity index is 385. The van der Waals surface area contributed by atoms with Crippen molar-refractivity contribution in [1.82, 2.24) is 9.80 Å². The fourth-order valence-electron chi connectivity index (χ4n) is 2.42. The fourth-order valence-corrected chi connectivity index (χ4v) is 3.16. The minimum atomic E-state index is -0.311. The molecular weight excluding hydrogens is 258 g/mol. The summed E-state index contributed by atoms with van der Waals surface area (Å²) in [6, 6.07) is 3.94. The highest BCUT2D eigenvalue weighted by atomic mass is 32.1. The number of hydrogen-bond donors (Lipinski definition) is 1. The van der Waals surface area contributed by atoms with Crippen molar-refractivity contribution in [2.45, 2.75) is 32.4 Å². The normalized spacial score (nSPS) is 18.5. The molecule has 2 heterocycles. The number of rotatable bonds is 5. The van der Waals surface area contributed by atoms with E-state index in [1.165, 1.54) is 4.88 Å². The maximum atomic E-state index is 12.1. The standard InChI is InChI=1S/C14H23N3OS/c1-2-4-13(15)14(18)17-8-6-16(7-9-17)11-12-5-3-10-19-12/h3,5,10,13H,2,4,6-9,11,15H2,1H3/t13-/m1/s1. The van der Waals surface area contributed by atoms with E-state index in [1.54, 1.807) is 11.3 Å². The van der Waals surface area contributed by atoms with Gasteiger partial charge >= 0.3 is 0 Å². The Kier molecular flexibility index (Phi) is 5.36. The van der Waals surface area contributed by atoms with E-state index in [4.69, 9.17) is 5.73 Å². The molecule has 106 valence electrons. The lowest BCUT2D eigenvalue weighted by Crippen LogP contribution is -2.52. The largest absolute Gasteiger partial charge is 0.339 e. The van der Waals surface area contributed by atoms with Crippen LogP contribution in [0.2, 0.25) is 0 Å². The SMILES string of the molecule is CCC[C@@H](N)C(=O)N1CCN(Cc2cccs2)CC1. The molecule has 4 nitrogen and oxygen atoms in total. The van der Waals surface area contributed by atoms with Crippen LogP contribution in [0.15, 0.2) is 17.5 Å². The molecule has 2 N–H and O–H groups in total. The number of carbonyl (C=O) groups is 1. The number of nitrogens with zero attached hydrogens (tertiary/aromatic N) is 2. The predicted octanol–water partition coefficient (Wildman–Crippen LogP) is 1.52. The molecule has 1 aromatic rings. The molecule has 1 saturated heterocycles. The molecule has 5 heteroatoms. The number of thiophene rings is 1. The van der Waals surface area contributed by atoms with Crippen LogP contribution >= 0.6 is 11.3 Å². The molecule has 0 aromatic carbocycles. The minimum Gasteiger partial charge on any atom is -0.339 e. The van der Waals surface area contributed by atoms with Gasteiger partial charge in [-0.2, -0.15) is 0 Å². The van der Waals surface area contributed by atoms with Gasteiger partial charge in [-0.3, -0.25) is 9.69 Å². The molecule has 0 unspecified atom stereocenters. The maximum Gasteiger partial charge on any atom is 0.239 e. The van der Waals surface area contributed by atoms with Gasteiger partial charge in [0.05, 0.1) is 6.04 Å². The predicted molar refractivity (Wildman–Crippen MR) is 79.1 cm³/mol. The van der Waals surface area contributed by atoms with Gasteiger partial charge in [0.25, 0.3) is 0 Å². The number of amides is 1. The molecule has 1 amide bonds. The minimum absolute atomic E-state index is 0.123. The van der Waals surface area contributed by atoms with Crippen molar-refractivity contribution in [3.8, 4) is 0 Å². The molecule has 1 aromatic heterocycles. The van der Waals surface area contributed by atoms with Crippen LogP contribution in [0, 0.1) is 0 Å². The summed E-state index contributed by atoms with van der Waals surface area (Å²) in [6.07, 6.45) is 1.75. The molecule has 0 radical (unpaired) electrons. The van der Waals surface area contributed by atoms with E-state index in [1.807, 2.05) is 4.90 Å². The molecule has 2 rings (SSSR count). The summed E-state index contributed by atoms with van der Waals surface area (Å²) in [5.74, 6) is 0.123. The van der Waals surface area contributed by atoms with Gasteiger partial charge in [-0.25, -0.2) is 0 Å². The molecule has 1 aliphatic heterocycles. The van der Waals surface area contributed by atoms with Gasteiger partial charge in [-0.05, 0) is 17.9 Å². The molecule has 0 bridgehead atoms. The Hall–Kier alpha value is -0.910. The lowest BCUT2D eigenvalue weighted by atomic mass is 10.1. The quantitative estimate of drug-likeness (QED) is 0.890. The summed E-state index contributed by atoms with van der Waals surface area (Å²) in [5.41, 5.74) is 5.90. The smallest absolute Gasteiger partial charge is 0.239 e. The summed E-state index contributed by atoms with van der Waals surface area (Å²) in [4.78, 5) is 17.8. The van der Waals surface area contributed by atoms with E-state index in [-0.39, 0.29) is 11.9 Å². The van der Waals surface area contributed by atoms with Crippen LogP contribution in [0.1, 0.15) is 24.6 Å². The lowest BCUT2D eigenvalue weighted by Gasteiger charge is -2.35. The van der Waals surface area contributed by atoms with Crippen molar-refractivity contribution >= 4 is 17.2 Å². The van der Waals surface area contributed by atoms with E-state index in [2.05, 4.69) is 29.3 Å². The summed E-state index contributed by atoms with van der Waals surface area (Å²) in [6.45, 7) is 6.57. The molecule has 19 heavy (non-hydrogen) atoms. The van der Waals surface area contributed by atoms with E-state index in [0.717, 1.165) is 45.6 Å². The first-order valence-electron chi connectivity index (χ1n) is 6.99. The number of piperazine rings is 1. The summed E-state index contributed by atoms with van der Waals surface area (Å²) >= 11 is 1.79. The Balaban J connectivity index is 1.77. The number of hydrogen-bond acceptors (Lipinski definition) is 4. The first-order valence-corrected chi connectivity index (χ1v) is 7.87. The average molecular weight is 281 g/mol. The second-order valence-corrected chi connectivity index (χ2v) is 6.11. The highest BCUT2D eigenvalue weighted by Crippen LogP contribution is 2.14. The summed E-state index contributed by atoms with van der Waals surface area (Å²) in [7, 11) is 0. The second kappa shape index (κ2) is 7.03. The Morgan fingerprint density at radius 1 is 1.42 bits per heavy atom. The topological polar surface area (TPSA) is 49.6 Å². The van der Waals surface area contributed by atoms with Crippen LogP contribution < -0.4 is 5.73 Å². The molecule has 1 fully saturated rings. The third kappa shape index (κ3) is 4.03. The molecule has 0 aliphatic carbocycles. The molecule has 0 spiro atoms. The van der Waals surface area contributed by atoms with Crippen LogP contribution in [-0.4, -0.2) is 47.9 Å². The molecule has 1 atom stereocenters. The average Bonchev–Trinajstić information content (AvgIpc) is 2.92. The van der Waals surface area contributed by atoms with Crippen LogP contribution in [-0.2, 0) is 11.3 Å². The van der Waals surface area contributed by atoms with Gasteiger partial charge in [-0.15, -0.1) is 11.3 Å². The van der Waals surface area contributed by atoms with Gasteiger partial charge in [0.2, 0.25) is 5.91 Å². The Morgan fingerprint density at radius 3 is 2.74 bits per heavy atom. The fraction of sp³-hybridized carbons (Fsp3) is 0.643. The van der Waals surface area contributed by atoms with Crippen molar-refractivity contribution < 1.29 is 4.79 Å². The van der Waals surface area contributed by atoms with Gasteiger partial charge in [0, 0.05) is 37.6 Å². The molecular formula is C14H23N3OS. The van der Waals surface area contributed by atoms with Gasteiger partial charge < -0.3 is 10.6 Å². The maximum absolute atomic E-state index is 12.1. The molecule has 1 aliphatic rings. The first-order chi connectivity index (χ1) is 9.20. The van der Waals surface area contributed by atoms with Gasteiger partial charge in [-0.1, -0.05) is 19.4 Å². The first kappa shape index (κ1) is 14.5. The zero-order valence-electron chi connectivity index (χ0n) is 11.5. The van der Waals surface area contributed by atoms with E-state index in [0.29, 0.717) is 0 Å². The van der Waals surface area contributed by atoms with E-state index < -0.39 is 0 Å². The molecule has 0 saturated carbocycles. The Morgan fingerprint density at radius 2 is 2.16 bits per heavy atom. The Labute approximate surface area is 119 Å². The third-order valence-electron chi connectivity index (χ3n) is 3.56. The van der Waals surface area contributed by atoms with Crippen LogP contribution in [0.25, 0.3) is 0 Å². The summed E-state index contributed by atoms with van der Waals surface area (Å²) < 4.78 is 0. The zero-order valence-corrected chi connectivity index (χ0v) is 12.4. The monoisotopic (exact) mass is 281 g/mol. The highest BCUT2D eigenvalue weighted by Gasteiger charge is 2.24. The number of nitrogens with two attached hydrogens (primary N) is 1. The van der Waals surface area contributed by atoms with E-state index in [9.17, 15) is 4.79 Å². The summed E-state index contributed by atoms with van der Waals surface area (Å²) in [5, 5.41) is 2.11. The lowest BCUT2D eigenvalue weighted by molar-refractivity contribution is -0.134. The van der Waals surface area contributed by atoms with Crippen LogP contribution in [0.5, 0.6) is 0 Å². The van der Waals surface area contributed by atoms with Crippen molar-refractivity contribution in [1.29, 1.82) is 0 Å². The van der Waals surface area contributed by atoms with Crippen LogP contribution in [0.3, 0.4) is 0 Å². The second-order valence-electron chi connectivity index (χ2n) is 5.08. The van der Waals surface area contributed by atoms with Gasteiger partial charge in [0.1, 0.15) is 0 Å². The van der Waals surface area contributed by atoms with Crippen molar-refractivity contribution in [3.63, 3.8) is 0 Å². The van der Waals surface area contributed by atoms with Crippen LogP contribution in [0.4, 0.5) is 0 Å². The number of carbonyl (C=O) groups excluding carboxylic acids is 1. The van der Waals surface area contributed by atoms with Gasteiger partial charge in [0.15, 0.2) is 0 Å². The highest BCUT2D eigenvalue weighted by molar-refractivity contribution is 7.09. The van der Waals surface area contributed by atoms with E-state index >= 15 is 0 Å². The zero-order chi connectivity index (χ0) is 13.7. The van der Waals surface area contributed by atoms with Crippen molar-refractivity contribution in [3.05, 3.63) is 22.4 Å². The van der Waals surface area contributed by atoms with Crippen molar-refractivity contribution in [2.75, 3.05) is 26.2 Å². The van der Waals surface area contributed by atoms with Crippen molar-refractivity contribution in [2.24, 2.45) is 5.73 Å².